The van der Waals surface area contributed by atoms with Crippen LogP contribution in [0.3, 0.4) is 0 Å². The lowest BCUT2D eigenvalue weighted by Crippen LogP contribution is -2.30. The van der Waals surface area contributed by atoms with Crippen LogP contribution in [-0.4, -0.2) is 45.2 Å². The molecule has 0 unspecified atom stereocenters. The van der Waals surface area contributed by atoms with Crippen LogP contribution in [0.5, 0.6) is 5.75 Å². The van der Waals surface area contributed by atoms with Crippen LogP contribution in [0.25, 0.3) is 5.69 Å². The van der Waals surface area contributed by atoms with Crippen molar-refractivity contribution in [2.24, 2.45) is 0 Å². The van der Waals surface area contributed by atoms with Crippen LogP contribution in [0.1, 0.15) is 11.1 Å². The van der Waals surface area contributed by atoms with Crippen molar-refractivity contribution >= 4 is 39.7 Å². The van der Waals surface area contributed by atoms with Crippen molar-refractivity contribution in [3.05, 3.63) is 89.7 Å². The highest BCUT2D eigenvalue weighted by atomic mass is 35.5. The maximum Gasteiger partial charge on any atom is 0.341 e. The van der Waals surface area contributed by atoms with E-state index in [-0.39, 0.29) is 29.8 Å². The van der Waals surface area contributed by atoms with Gasteiger partial charge in [-0.15, -0.1) is 23.7 Å². The van der Waals surface area contributed by atoms with Crippen molar-refractivity contribution in [3.8, 4) is 11.4 Å². The molecule has 0 aliphatic rings. The molecule has 0 aliphatic heterocycles. The zero-order valence-electron chi connectivity index (χ0n) is 17.7. The van der Waals surface area contributed by atoms with Crippen LogP contribution >= 0.6 is 23.7 Å². The lowest BCUT2D eigenvalue weighted by Gasteiger charge is -2.21. The largest absolute Gasteiger partial charge is 0.482 e. The molecule has 2 aromatic carbocycles. The molecule has 0 spiro atoms. The topological polar surface area (TPSA) is 115 Å². The minimum Gasteiger partial charge on any atom is -0.482 e. The number of halogens is 1. The van der Waals surface area contributed by atoms with Gasteiger partial charge in [0.2, 0.25) is 4.34 Å². The summed E-state index contributed by atoms with van der Waals surface area (Å²) in [5, 5.41) is 14.6. The van der Waals surface area contributed by atoms with Gasteiger partial charge in [0.25, 0.3) is 10.0 Å². The Morgan fingerprint density at radius 1 is 1.06 bits per heavy atom. The van der Waals surface area contributed by atoms with Gasteiger partial charge < -0.3 is 9.84 Å². The zero-order chi connectivity index (χ0) is 23.3. The summed E-state index contributed by atoms with van der Waals surface area (Å²) in [6.07, 6.45) is 4.97. The maximum absolute atomic E-state index is 13.3. The van der Waals surface area contributed by atoms with Gasteiger partial charge in [0.15, 0.2) is 6.61 Å². The normalized spacial score (nSPS) is 11.2. The third kappa shape index (κ3) is 6.20. The number of hydrogen-bond donors (Lipinski definition) is 1. The third-order valence-electron chi connectivity index (χ3n) is 4.65. The number of rotatable bonds is 10. The van der Waals surface area contributed by atoms with Gasteiger partial charge in [-0.05, 0) is 41.5 Å². The highest BCUT2D eigenvalue weighted by Gasteiger charge is 2.27. The number of hydrogen-bond acceptors (Lipinski definition) is 7. The van der Waals surface area contributed by atoms with Crippen molar-refractivity contribution in [3.63, 3.8) is 0 Å². The summed E-state index contributed by atoms with van der Waals surface area (Å²) in [5.74, 6) is -0.739. The van der Waals surface area contributed by atoms with Gasteiger partial charge in [0.1, 0.15) is 5.75 Å². The number of carbonyl (C=O) groups is 1. The van der Waals surface area contributed by atoms with E-state index in [4.69, 9.17) is 9.84 Å². The fourth-order valence-electron chi connectivity index (χ4n) is 3.14. The molecule has 0 bridgehead atoms. The van der Waals surface area contributed by atoms with E-state index in [0.29, 0.717) is 11.3 Å². The lowest BCUT2D eigenvalue weighted by atomic mass is 10.2. The van der Waals surface area contributed by atoms with Gasteiger partial charge in [-0.2, -0.15) is 9.40 Å². The molecule has 9 nitrogen and oxygen atoms in total. The van der Waals surface area contributed by atoms with Crippen molar-refractivity contribution in [2.45, 2.75) is 17.4 Å². The van der Waals surface area contributed by atoms with E-state index in [1.165, 1.54) is 10.5 Å². The van der Waals surface area contributed by atoms with Crippen molar-refractivity contribution < 1.29 is 23.1 Å². The highest BCUT2D eigenvalue weighted by molar-refractivity contribution is 7.91. The molecule has 0 atom stereocenters. The van der Waals surface area contributed by atoms with E-state index >= 15 is 0 Å². The van der Waals surface area contributed by atoms with Crippen molar-refractivity contribution in [1.29, 1.82) is 0 Å². The number of aromatic nitrogens is 3. The summed E-state index contributed by atoms with van der Waals surface area (Å²) in [6, 6.07) is 16.0. The van der Waals surface area contributed by atoms with Gasteiger partial charge in [-0.25, -0.2) is 22.9 Å². The number of benzene rings is 2. The fourth-order valence-corrected chi connectivity index (χ4v) is 5.52. The van der Waals surface area contributed by atoms with Crippen molar-refractivity contribution in [1.82, 2.24) is 19.1 Å². The number of carboxylic acids is 1. The zero-order valence-corrected chi connectivity index (χ0v) is 20.2. The molecule has 0 radical (unpaired) electrons. The average molecular weight is 521 g/mol. The van der Waals surface area contributed by atoms with Crippen LogP contribution in [0.2, 0.25) is 0 Å². The Labute approximate surface area is 206 Å². The Morgan fingerprint density at radius 2 is 1.82 bits per heavy atom. The van der Waals surface area contributed by atoms with E-state index in [2.05, 4.69) is 10.1 Å². The molecule has 178 valence electrons. The summed E-state index contributed by atoms with van der Waals surface area (Å²) in [4.78, 5) is 14.8. The molecule has 2 aromatic heterocycles. The second-order valence-electron chi connectivity index (χ2n) is 7.02. The Hall–Kier alpha value is -3.25. The molecular formula is C22H21ClN4O5S2. The van der Waals surface area contributed by atoms with Crippen molar-refractivity contribution in [2.75, 3.05) is 6.61 Å². The Kier molecular flexibility index (Phi) is 8.40. The number of nitrogens with zero attached hydrogens (tertiary/aromatic N) is 4. The molecule has 1 N–H and O–H groups in total. The summed E-state index contributed by atoms with van der Waals surface area (Å²) < 4.78 is 34.9. The van der Waals surface area contributed by atoms with Gasteiger partial charge in [0, 0.05) is 37.1 Å². The van der Waals surface area contributed by atoms with E-state index in [0.717, 1.165) is 22.6 Å². The first-order valence-corrected chi connectivity index (χ1v) is 12.2. The first-order chi connectivity index (χ1) is 15.9. The number of thiazole rings is 1. The second kappa shape index (κ2) is 11.3. The quantitative estimate of drug-likeness (QED) is 0.339. The standard InChI is InChI=1S/C22H20N4O5S2.ClH/c27-21(28)16-31-20-4-1-3-18(13-20)15-25(33(29,30)22-23-10-12-32-22)14-17-5-7-19(8-6-17)26-11-2-9-24-26;/h1-13H,14-16H2,(H,27,28);1H. The Balaban J connectivity index is 0.00000324. The molecule has 34 heavy (non-hydrogen) atoms. The molecule has 0 aliphatic carbocycles. The average Bonchev–Trinajstić information content (AvgIpc) is 3.53. The molecule has 0 fully saturated rings. The summed E-state index contributed by atoms with van der Waals surface area (Å²) in [7, 11) is -3.86. The van der Waals surface area contributed by atoms with E-state index in [9.17, 15) is 13.2 Å². The van der Waals surface area contributed by atoms with Gasteiger partial charge in [0.05, 0.1) is 5.69 Å². The predicted octanol–water partition coefficient (Wildman–Crippen LogP) is 3.61. The van der Waals surface area contributed by atoms with Crippen LogP contribution in [0, 0.1) is 0 Å². The van der Waals surface area contributed by atoms with Gasteiger partial charge in [-0.1, -0.05) is 24.3 Å². The molecule has 4 rings (SSSR count). The molecule has 0 amide bonds. The molecule has 0 saturated carbocycles. The number of sulfonamides is 1. The third-order valence-corrected chi connectivity index (χ3v) is 7.62. The van der Waals surface area contributed by atoms with Crippen LogP contribution in [0.15, 0.2) is 82.9 Å². The number of aliphatic carboxylic acids is 1. The fraction of sp³-hybridized carbons (Fsp3) is 0.136. The minimum atomic E-state index is -3.86. The molecule has 4 aromatic rings. The highest BCUT2D eigenvalue weighted by Crippen LogP contribution is 2.24. The van der Waals surface area contributed by atoms with Crippen LogP contribution in [-0.2, 0) is 27.9 Å². The van der Waals surface area contributed by atoms with E-state index in [1.54, 1.807) is 40.5 Å². The van der Waals surface area contributed by atoms with Crippen LogP contribution < -0.4 is 4.74 Å². The number of carboxylic acid groups (broad SMARTS) is 1. The van der Waals surface area contributed by atoms with Crippen LogP contribution in [0.4, 0.5) is 0 Å². The lowest BCUT2D eigenvalue weighted by molar-refractivity contribution is -0.139. The second-order valence-corrected chi connectivity index (χ2v) is 10.0. The monoisotopic (exact) mass is 520 g/mol. The Bertz CT molecular complexity index is 1310. The molecular weight excluding hydrogens is 500 g/mol. The summed E-state index contributed by atoms with van der Waals surface area (Å²) in [5.41, 5.74) is 2.32. The first-order valence-electron chi connectivity index (χ1n) is 9.84. The molecule has 0 saturated heterocycles. The summed E-state index contributed by atoms with van der Waals surface area (Å²) >= 11 is 1.05. The maximum atomic E-state index is 13.3. The molecule has 2 heterocycles. The predicted molar refractivity (Wildman–Crippen MR) is 129 cm³/mol. The smallest absolute Gasteiger partial charge is 0.341 e. The SMILES string of the molecule is Cl.O=C(O)COc1cccc(CN(Cc2ccc(-n3cccn3)cc2)S(=O)(=O)c2nccs2)c1. The first kappa shape index (κ1) is 25.4. The van der Waals surface area contributed by atoms with E-state index in [1.807, 2.05) is 36.5 Å². The molecule has 12 heteroatoms. The minimum absolute atomic E-state index is 0. The van der Waals surface area contributed by atoms with E-state index < -0.39 is 22.6 Å². The Morgan fingerprint density at radius 3 is 2.47 bits per heavy atom. The van der Waals surface area contributed by atoms with Gasteiger partial charge in [-0.3, -0.25) is 0 Å². The van der Waals surface area contributed by atoms with Gasteiger partial charge >= 0.3 is 5.97 Å². The number of ether oxygens (including phenoxy) is 1. The summed E-state index contributed by atoms with van der Waals surface area (Å²) in [6.45, 7) is -0.290.